The number of aliphatic hydroxyl groups excluding tert-OH is 2. The van der Waals surface area contributed by atoms with E-state index in [0.29, 0.717) is 6.42 Å². The van der Waals surface area contributed by atoms with Crippen LogP contribution in [0.1, 0.15) is 13.3 Å². The predicted octanol–water partition coefficient (Wildman–Crippen LogP) is -0.483. The first-order valence-electron chi connectivity index (χ1n) is 3.18. The molecule has 0 aromatic rings. The topological polar surface area (TPSA) is 49.7 Å². The van der Waals surface area contributed by atoms with Gasteiger partial charge in [0.2, 0.25) is 0 Å². The molecule has 0 aromatic heterocycles. The van der Waals surface area contributed by atoms with Gasteiger partial charge in [-0.1, -0.05) is 0 Å². The second-order valence-electron chi connectivity index (χ2n) is 2.47. The molecule has 2 N–H and O–H groups in total. The van der Waals surface area contributed by atoms with Crippen molar-refractivity contribution in [1.82, 2.24) is 0 Å². The second kappa shape index (κ2) is 2.64. The summed E-state index contributed by atoms with van der Waals surface area (Å²) in [4.78, 5) is 0. The molecule has 9 heavy (non-hydrogen) atoms. The van der Waals surface area contributed by atoms with Gasteiger partial charge in [-0.15, -0.1) is 0 Å². The molecule has 0 radical (unpaired) electrons. The average Bonchev–Trinajstić information content (AvgIpc) is 2.10. The molecule has 3 heteroatoms. The van der Waals surface area contributed by atoms with Crippen molar-refractivity contribution < 1.29 is 14.9 Å². The lowest BCUT2D eigenvalue weighted by Gasteiger charge is -2.08. The van der Waals surface area contributed by atoms with E-state index in [9.17, 15) is 0 Å². The third-order valence-electron chi connectivity index (χ3n) is 1.59. The van der Waals surface area contributed by atoms with Crippen LogP contribution in [-0.4, -0.2) is 35.1 Å². The third kappa shape index (κ3) is 1.41. The molecule has 1 fully saturated rings. The van der Waals surface area contributed by atoms with Crippen molar-refractivity contribution in [2.75, 3.05) is 6.61 Å². The molecule has 1 aliphatic heterocycles. The van der Waals surface area contributed by atoms with E-state index in [-0.39, 0.29) is 18.8 Å². The van der Waals surface area contributed by atoms with Gasteiger partial charge in [0.25, 0.3) is 0 Å². The van der Waals surface area contributed by atoms with Gasteiger partial charge in [0, 0.05) is 6.42 Å². The maximum absolute atomic E-state index is 9.07. The summed E-state index contributed by atoms with van der Waals surface area (Å²) in [5.41, 5.74) is 0. The van der Waals surface area contributed by atoms with Gasteiger partial charge in [-0.3, -0.25) is 0 Å². The van der Waals surface area contributed by atoms with E-state index in [0.717, 1.165) is 0 Å². The molecule has 0 amide bonds. The third-order valence-corrected chi connectivity index (χ3v) is 1.59. The van der Waals surface area contributed by atoms with Crippen molar-refractivity contribution in [3.63, 3.8) is 0 Å². The van der Waals surface area contributed by atoms with Gasteiger partial charge in [0.15, 0.2) is 0 Å². The van der Waals surface area contributed by atoms with Crippen molar-refractivity contribution in [2.45, 2.75) is 31.7 Å². The Labute approximate surface area is 54.3 Å². The Morgan fingerprint density at radius 1 is 1.67 bits per heavy atom. The fourth-order valence-corrected chi connectivity index (χ4v) is 1.10. The van der Waals surface area contributed by atoms with E-state index >= 15 is 0 Å². The van der Waals surface area contributed by atoms with Crippen LogP contribution in [0, 0.1) is 0 Å². The number of rotatable bonds is 1. The lowest BCUT2D eigenvalue weighted by molar-refractivity contribution is -0.0170. The highest BCUT2D eigenvalue weighted by Crippen LogP contribution is 2.18. The molecular weight excluding hydrogens is 120 g/mol. The van der Waals surface area contributed by atoms with Crippen LogP contribution in [0.5, 0.6) is 0 Å². The van der Waals surface area contributed by atoms with Gasteiger partial charge in [0.05, 0.1) is 18.8 Å². The molecule has 54 valence electrons. The Hall–Kier alpha value is -0.120. The Morgan fingerprint density at radius 3 is 2.56 bits per heavy atom. The number of ether oxygens (including phenoxy) is 1. The van der Waals surface area contributed by atoms with E-state index in [1.807, 2.05) is 6.92 Å². The molecule has 0 saturated carbocycles. The average molecular weight is 132 g/mol. The van der Waals surface area contributed by atoms with Crippen LogP contribution in [0.2, 0.25) is 0 Å². The minimum atomic E-state index is -0.468. The van der Waals surface area contributed by atoms with Crippen molar-refractivity contribution in [3.8, 4) is 0 Å². The monoisotopic (exact) mass is 132 g/mol. The largest absolute Gasteiger partial charge is 0.394 e. The maximum atomic E-state index is 9.07. The molecular formula is C6H12O3. The molecule has 0 spiro atoms. The molecule has 1 unspecified atom stereocenters. The molecule has 0 bridgehead atoms. The first-order chi connectivity index (χ1) is 4.24. The minimum absolute atomic E-state index is 0.0779. The Balaban J connectivity index is 2.38. The van der Waals surface area contributed by atoms with Crippen molar-refractivity contribution in [2.24, 2.45) is 0 Å². The molecule has 0 aliphatic carbocycles. The summed E-state index contributed by atoms with van der Waals surface area (Å²) >= 11 is 0. The van der Waals surface area contributed by atoms with E-state index < -0.39 is 6.10 Å². The summed E-state index contributed by atoms with van der Waals surface area (Å²) in [6.45, 7) is 1.81. The maximum Gasteiger partial charge on any atom is 0.107 e. The van der Waals surface area contributed by atoms with E-state index in [2.05, 4.69) is 0 Å². The van der Waals surface area contributed by atoms with Crippen LogP contribution in [0.15, 0.2) is 0 Å². The summed E-state index contributed by atoms with van der Waals surface area (Å²) in [5, 5.41) is 17.6. The molecule has 1 aliphatic rings. The Kier molecular flexibility index (Phi) is 2.05. The van der Waals surface area contributed by atoms with Gasteiger partial charge in [-0.2, -0.15) is 0 Å². The summed E-state index contributed by atoms with van der Waals surface area (Å²) in [6.07, 6.45) is -0.0762. The summed E-state index contributed by atoms with van der Waals surface area (Å²) in [6, 6.07) is 0. The van der Waals surface area contributed by atoms with Crippen molar-refractivity contribution >= 4 is 0 Å². The predicted molar refractivity (Wildman–Crippen MR) is 32.0 cm³/mol. The van der Waals surface area contributed by atoms with Crippen LogP contribution >= 0.6 is 0 Å². The van der Waals surface area contributed by atoms with E-state index in [1.165, 1.54) is 0 Å². The zero-order chi connectivity index (χ0) is 6.85. The Bertz CT molecular complexity index is 94.3. The SMILES string of the molecule is C[C@H]1CC(O)[C@@H](CO)O1. The number of hydrogen-bond donors (Lipinski definition) is 2. The van der Waals surface area contributed by atoms with Crippen molar-refractivity contribution in [3.05, 3.63) is 0 Å². The highest BCUT2D eigenvalue weighted by Gasteiger charge is 2.30. The number of aliphatic hydroxyl groups is 2. The normalized spacial score (nSPS) is 43.7. The summed E-state index contributed by atoms with van der Waals surface area (Å²) in [5.74, 6) is 0. The molecule has 1 rings (SSSR count). The molecule has 1 saturated heterocycles. The fourth-order valence-electron chi connectivity index (χ4n) is 1.10. The van der Waals surface area contributed by atoms with Gasteiger partial charge in [-0.25, -0.2) is 0 Å². The van der Waals surface area contributed by atoms with Crippen LogP contribution in [0.3, 0.4) is 0 Å². The minimum Gasteiger partial charge on any atom is -0.394 e. The molecule has 0 aromatic carbocycles. The zero-order valence-corrected chi connectivity index (χ0v) is 5.45. The van der Waals surface area contributed by atoms with E-state index in [4.69, 9.17) is 14.9 Å². The quantitative estimate of drug-likeness (QED) is 0.506. The lowest BCUT2D eigenvalue weighted by atomic mass is 10.1. The second-order valence-corrected chi connectivity index (χ2v) is 2.47. The zero-order valence-electron chi connectivity index (χ0n) is 5.45. The summed E-state index contributed by atoms with van der Waals surface area (Å²) < 4.78 is 5.12. The molecule has 3 atom stereocenters. The van der Waals surface area contributed by atoms with Gasteiger partial charge in [0.1, 0.15) is 6.10 Å². The smallest absolute Gasteiger partial charge is 0.107 e. The fraction of sp³-hybridized carbons (Fsp3) is 1.00. The Morgan fingerprint density at radius 2 is 2.33 bits per heavy atom. The van der Waals surface area contributed by atoms with Crippen molar-refractivity contribution in [1.29, 1.82) is 0 Å². The van der Waals surface area contributed by atoms with Gasteiger partial charge < -0.3 is 14.9 Å². The molecule has 1 heterocycles. The highest BCUT2D eigenvalue weighted by atomic mass is 16.5. The van der Waals surface area contributed by atoms with Crippen LogP contribution in [0.25, 0.3) is 0 Å². The van der Waals surface area contributed by atoms with Crippen LogP contribution in [0.4, 0.5) is 0 Å². The highest BCUT2D eigenvalue weighted by molar-refractivity contribution is 4.78. The van der Waals surface area contributed by atoms with Crippen LogP contribution in [-0.2, 0) is 4.74 Å². The van der Waals surface area contributed by atoms with Gasteiger partial charge >= 0.3 is 0 Å². The summed E-state index contributed by atoms with van der Waals surface area (Å²) in [7, 11) is 0. The van der Waals surface area contributed by atoms with Gasteiger partial charge in [-0.05, 0) is 6.92 Å². The van der Waals surface area contributed by atoms with Crippen LogP contribution < -0.4 is 0 Å². The number of hydrogen-bond acceptors (Lipinski definition) is 3. The first kappa shape index (κ1) is 6.99. The first-order valence-corrected chi connectivity index (χ1v) is 3.18. The standard InChI is InChI=1S/C6H12O3/c1-4-2-5(8)6(3-7)9-4/h4-8H,2-3H2,1H3/t4-,5?,6+/m0/s1. The van der Waals surface area contributed by atoms with E-state index in [1.54, 1.807) is 0 Å². The molecule has 3 nitrogen and oxygen atoms in total. The lowest BCUT2D eigenvalue weighted by Crippen LogP contribution is -2.24.